The van der Waals surface area contributed by atoms with Gasteiger partial charge in [-0.2, -0.15) is 0 Å². The second-order valence-corrected chi connectivity index (χ2v) is 1.64. The summed E-state index contributed by atoms with van der Waals surface area (Å²) >= 11 is 0. The normalized spacial score (nSPS) is 8.09. The van der Waals surface area contributed by atoms with Crippen LogP contribution in [0.25, 0.3) is 0 Å². The van der Waals surface area contributed by atoms with Crippen molar-refractivity contribution >= 4 is 5.97 Å². The average Bonchev–Trinajstić information content (AvgIpc) is 1.88. The first kappa shape index (κ1) is 10.6. The van der Waals surface area contributed by atoms with Gasteiger partial charge in [-0.25, -0.2) is 9.97 Å². The fraction of sp³-hybridized carbons (Fsp3) is 0.167. The van der Waals surface area contributed by atoms with E-state index in [-0.39, 0.29) is 42.8 Å². The third-order valence-corrected chi connectivity index (χ3v) is 0.803. The quantitative estimate of drug-likeness (QED) is 0.339. The molecule has 0 atom stereocenters. The SMILES string of the molecule is CC(=O)Oc1ccncn1.[H-].[Na+]. The fourth-order valence-corrected chi connectivity index (χ4v) is 0.486. The summed E-state index contributed by atoms with van der Waals surface area (Å²) in [4.78, 5) is 17.6. The van der Waals surface area contributed by atoms with Crippen molar-refractivity contribution in [2.75, 3.05) is 0 Å². The van der Waals surface area contributed by atoms with E-state index in [4.69, 9.17) is 0 Å². The van der Waals surface area contributed by atoms with Gasteiger partial charge < -0.3 is 6.16 Å². The maximum absolute atomic E-state index is 10.3. The van der Waals surface area contributed by atoms with Gasteiger partial charge in [0.05, 0.1) is 0 Å². The van der Waals surface area contributed by atoms with Crippen LogP contribution in [0.15, 0.2) is 18.6 Å². The first-order valence-electron chi connectivity index (χ1n) is 2.73. The molecular weight excluding hydrogens is 155 g/mol. The monoisotopic (exact) mass is 162 g/mol. The van der Waals surface area contributed by atoms with Crippen LogP contribution in [0.3, 0.4) is 0 Å². The van der Waals surface area contributed by atoms with Gasteiger partial charge in [0.2, 0.25) is 5.88 Å². The van der Waals surface area contributed by atoms with Crippen LogP contribution >= 0.6 is 0 Å². The van der Waals surface area contributed by atoms with Gasteiger partial charge in [-0.15, -0.1) is 0 Å². The number of hydrogen-bond donors (Lipinski definition) is 0. The van der Waals surface area contributed by atoms with Crippen molar-refractivity contribution in [2.24, 2.45) is 0 Å². The molecule has 1 rings (SSSR count). The molecule has 0 N–H and O–H groups in total. The molecule has 0 spiro atoms. The molecule has 1 aromatic rings. The van der Waals surface area contributed by atoms with E-state index >= 15 is 0 Å². The maximum atomic E-state index is 10.3. The first-order valence-corrected chi connectivity index (χ1v) is 2.73. The van der Waals surface area contributed by atoms with Crippen molar-refractivity contribution in [1.29, 1.82) is 0 Å². The molecule has 0 aliphatic rings. The van der Waals surface area contributed by atoms with Gasteiger partial charge in [-0.3, -0.25) is 4.79 Å². The van der Waals surface area contributed by atoms with Gasteiger partial charge in [0.15, 0.2) is 0 Å². The molecule has 0 aliphatic heterocycles. The number of ether oxygens (including phenoxy) is 1. The van der Waals surface area contributed by atoms with Crippen LogP contribution in [-0.2, 0) is 4.79 Å². The van der Waals surface area contributed by atoms with Crippen molar-refractivity contribution in [1.82, 2.24) is 9.97 Å². The maximum Gasteiger partial charge on any atom is 1.00 e. The van der Waals surface area contributed by atoms with E-state index in [0.29, 0.717) is 0 Å². The predicted molar refractivity (Wildman–Crippen MR) is 34.5 cm³/mol. The summed E-state index contributed by atoms with van der Waals surface area (Å²) in [5, 5.41) is 0. The molecule has 0 fully saturated rings. The molecule has 5 heteroatoms. The zero-order valence-electron chi connectivity index (χ0n) is 7.44. The molecule has 54 valence electrons. The molecule has 11 heavy (non-hydrogen) atoms. The largest absolute Gasteiger partial charge is 1.00 e. The average molecular weight is 162 g/mol. The molecule has 1 heterocycles. The van der Waals surface area contributed by atoms with Crippen molar-refractivity contribution in [3.63, 3.8) is 0 Å². The molecule has 0 saturated heterocycles. The van der Waals surface area contributed by atoms with E-state index in [1.165, 1.54) is 25.5 Å². The Morgan fingerprint density at radius 2 is 2.45 bits per heavy atom. The number of nitrogens with zero attached hydrogens (tertiary/aromatic N) is 2. The zero-order chi connectivity index (χ0) is 7.40. The summed E-state index contributed by atoms with van der Waals surface area (Å²) in [5.74, 6) is -0.0961. The Morgan fingerprint density at radius 1 is 1.73 bits per heavy atom. The minimum absolute atomic E-state index is 0. The van der Waals surface area contributed by atoms with Crippen LogP contribution < -0.4 is 34.3 Å². The third kappa shape index (κ3) is 4.08. The molecule has 0 amide bonds. The second kappa shape index (κ2) is 5.23. The summed E-state index contributed by atoms with van der Waals surface area (Å²) in [5.41, 5.74) is 0. The van der Waals surface area contributed by atoms with Gasteiger partial charge in [-0.1, -0.05) is 0 Å². The Bertz CT molecular complexity index is 232. The zero-order valence-corrected chi connectivity index (χ0v) is 8.44. The molecule has 0 radical (unpaired) electrons. The van der Waals surface area contributed by atoms with Crippen LogP contribution in [0.1, 0.15) is 8.35 Å². The second-order valence-electron chi connectivity index (χ2n) is 1.64. The number of carbonyl (C=O) groups excluding carboxylic acids is 1. The van der Waals surface area contributed by atoms with Crippen molar-refractivity contribution in [2.45, 2.75) is 6.92 Å². The molecule has 0 saturated carbocycles. The van der Waals surface area contributed by atoms with Gasteiger partial charge in [0.1, 0.15) is 6.33 Å². The van der Waals surface area contributed by atoms with Gasteiger partial charge >= 0.3 is 35.5 Å². The van der Waals surface area contributed by atoms with Crippen LogP contribution in [0, 0.1) is 0 Å². The fourth-order valence-electron chi connectivity index (χ4n) is 0.486. The Balaban J connectivity index is 0. The van der Waals surface area contributed by atoms with Gasteiger partial charge in [0.25, 0.3) is 0 Å². The molecule has 4 nitrogen and oxygen atoms in total. The minimum atomic E-state index is -0.376. The van der Waals surface area contributed by atoms with E-state index < -0.39 is 0 Å². The van der Waals surface area contributed by atoms with Crippen LogP contribution in [0.2, 0.25) is 0 Å². The molecule has 1 aromatic heterocycles. The van der Waals surface area contributed by atoms with Gasteiger partial charge in [-0.05, 0) is 0 Å². The Morgan fingerprint density at radius 3 is 2.91 bits per heavy atom. The summed E-state index contributed by atoms with van der Waals surface area (Å²) in [6, 6.07) is 1.52. The van der Waals surface area contributed by atoms with Crippen LogP contribution in [0.5, 0.6) is 5.88 Å². The number of hydrogen-bond acceptors (Lipinski definition) is 4. The summed E-state index contributed by atoms with van der Waals surface area (Å²) in [6.07, 6.45) is 2.82. The Hall–Kier alpha value is -0.450. The smallest absolute Gasteiger partial charge is 1.00 e. The Labute approximate surface area is 87.8 Å². The first-order chi connectivity index (χ1) is 4.79. The third-order valence-electron chi connectivity index (χ3n) is 0.803. The standard InChI is InChI=1S/C6H6N2O2.Na.H/c1-5(9)10-6-2-3-7-4-8-6;;/h2-4H,1H3;;/q;+1;-1. The van der Waals surface area contributed by atoms with Crippen molar-refractivity contribution in [3.8, 4) is 5.88 Å². The summed E-state index contributed by atoms with van der Waals surface area (Å²) < 4.78 is 4.62. The van der Waals surface area contributed by atoms with E-state index in [1.54, 1.807) is 0 Å². The van der Waals surface area contributed by atoms with E-state index in [2.05, 4.69) is 14.7 Å². The van der Waals surface area contributed by atoms with Crippen molar-refractivity contribution < 1.29 is 40.5 Å². The Kier molecular flexibility index (Phi) is 5.02. The molecule has 0 aromatic carbocycles. The predicted octanol–water partition coefficient (Wildman–Crippen LogP) is -2.48. The summed E-state index contributed by atoms with van der Waals surface area (Å²) in [6.45, 7) is 1.32. The summed E-state index contributed by atoms with van der Waals surface area (Å²) in [7, 11) is 0. The van der Waals surface area contributed by atoms with E-state index in [9.17, 15) is 4.79 Å². The van der Waals surface area contributed by atoms with Crippen molar-refractivity contribution in [3.05, 3.63) is 18.6 Å². The molecule has 0 aliphatic carbocycles. The number of aromatic nitrogens is 2. The minimum Gasteiger partial charge on any atom is -1.00 e. The molecule has 0 bridgehead atoms. The topological polar surface area (TPSA) is 52.1 Å². The number of carbonyl (C=O) groups is 1. The number of esters is 1. The number of rotatable bonds is 1. The molecular formula is C6H7N2NaO2. The van der Waals surface area contributed by atoms with E-state index in [0.717, 1.165) is 0 Å². The van der Waals surface area contributed by atoms with Crippen LogP contribution in [-0.4, -0.2) is 15.9 Å². The van der Waals surface area contributed by atoms with Crippen LogP contribution in [0.4, 0.5) is 0 Å². The van der Waals surface area contributed by atoms with Gasteiger partial charge in [0, 0.05) is 19.2 Å². The molecule has 0 unspecified atom stereocenters. The van der Waals surface area contributed by atoms with E-state index in [1.807, 2.05) is 0 Å².